The molecule has 2 heterocycles. The topological polar surface area (TPSA) is 54.5 Å². The predicted octanol–water partition coefficient (Wildman–Crippen LogP) is 2.80. The first-order valence-corrected chi connectivity index (χ1v) is 6.04. The molecule has 0 unspecified atom stereocenters. The van der Waals surface area contributed by atoms with Gasteiger partial charge in [-0.1, -0.05) is 23.4 Å². The van der Waals surface area contributed by atoms with Gasteiger partial charge in [-0.2, -0.15) is 10.4 Å². The van der Waals surface area contributed by atoms with Crippen molar-refractivity contribution in [2.24, 2.45) is 7.05 Å². The second-order valence-electron chi connectivity index (χ2n) is 3.48. The fourth-order valence-electron chi connectivity index (χ4n) is 1.38. The van der Waals surface area contributed by atoms with Crippen LogP contribution in [0, 0.1) is 18.3 Å². The first kappa shape index (κ1) is 12.0. The average Bonchev–Trinajstić information content (AvgIpc) is 2.56. The molecule has 0 aliphatic carbocycles. The van der Waals surface area contributed by atoms with Crippen LogP contribution in [0.5, 0.6) is 0 Å². The van der Waals surface area contributed by atoms with Gasteiger partial charge in [-0.3, -0.25) is 4.68 Å². The van der Waals surface area contributed by atoms with Crippen molar-refractivity contribution in [3.63, 3.8) is 0 Å². The van der Waals surface area contributed by atoms with Gasteiger partial charge >= 0.3 is 0 Å². The zero-order chi connectivity index (χ0) is 12.4. The van der Waals surface area contributed by atoms with Crippen molar-refractivity contribution in [2.75, 3.05) is 0 Å². The zero-order valence-corrected chi connectivity index (χ0v) is 10.9. The van der Waals surface area contributed by atoms with E-state index in [-0.39, 0.29) is 0 Å². The highest BCUT2D eigenvalue weighted by molar-refractivity contribution is 7.99. The normalized spacial score (nSPS) is 10.2. The Morgan fingerprint density at radius 3 is 2.76 bits per heavy atom. The lowest BCUT2D eigenvalue weighted by molar-refractivity contribution is 0.692. The molecule has 0 aliphatic rings. The van der Waals surface area contributed by atoms with Gasteiger partial charge in [0, 0.05) is 7.05 Å². The number of aromatic nitrogens is 3. The maximum atomic E-state index is 8.85. The molecule has 86 valence electrons. The van der Waals surface area contributed by atoms with Crippen molar-refractivity contribution in [1.82, 2.24) is 14.8 Å². The number of halogens is 1. The van der Waals surface area contributed by atoms with E-state index < -0.39 is 0 Å². The molecular formula is C11H9ClN4S. The molecule has 6 heteroatoms. The first-order valence-electron chi connectivity index (χ1n) is 4.84. The van der Waals surface area contributed by atoms with Crippen LogP contribution < -0.4 is 0 Å². The van der Waals surface area contributed by atoms with Crippen LogP contribution in [0.3, 0.4) is 0 Å². The minimum atomic E-state index is 0.324. The molecule has 0 saturated heterocycles. The van der Waals surface area contributed by atoms with E-state index in [1.54, 1.807) is 16.8 Å². The van der Waals surface area contributed by atoms with E-state index in [0.717, 1.165) is 10.7 Å². The Hall–Kier alpha value is -1.51. The van der Waals surface area contributed by atoms with E-state index in [0.29, 0.717) is 15.7 Å². The molecule has 2 rings (SSSR count). The van der Waals surface area contributed by atoms with Gasteiger partial charge in [0.2, 0.25) is 0 Å². The highest BCUT2D eigenvalue weighted by Gasteiger charge is 2.07. The summed E-state index contributed by atoms with van der Waals surface area (Å²) in [6, 6.07) is 7.26. The second-order valence-corrected chi connectivity index (χ2v) is 4.91. The fraction of sp³-hybridized carbons (Fsp3) is 0.182. The van der Waals surface area contributed by atoms with E-state index >= 15 is 0 Å². The van der Waals surface area contributed by atoms with E-state index in [2.05, 4.69) is 16.2 Å². The second kappa shape index (κ2) is 4.78. The van der Waals surface area contributed by atoms with Crippen LogP contribution in [0.4, 0.5) is 0 Å². The Kier molecular flexibility index (Phi) is 3.36. The van der Waals surface area contributed by atoms with Gasteiger partial charge in [-0.15, -0.1) is 0 Å². The summed E-state index contributed by atoms with van der Waals surface area (Å²) < 4.78 is 1.77. The molecule has 4 nitrogen and oxygen atoms in total. The number of hydrogen-bond acceptors (Lipinski definition) is 4. The third-order valence-corrected chi connectivity index (χ3v) is 3.27. The summed E-state index contributed by atoms with van der Waals surface area (Å²) in [5.41, 5.74) is 1.45. The van der Waals surface area contributed by atoms with Gasteiger partial charge in [-0.05, 0) is 25.1 Å². The summed E-state index contributed by atoms with van der Waals surface area (Å²) in [6.45, 7) is 1.93. The van der Waals surface area contributed by atoms with E-state index in [9.17, 15) is 0 Å². The van der Waals surface area contributed by atoms with E-state index in [1.165, 1.54) is 11.8 Å². The Bertz CT molecular complexity index is 600. The zero-order valence-electron chi connectivity index (χ0n) is 9.31. The molecule has 2 aromatic heterocycles. The molecular weight excluding hydrogens is 256 g/mol. The molecule has 0 N–H and O–H groups in total. The lowest BCUT2D eigenvalue weighted by Gasteiger charge is -2.02. The molecule has 17 heavy (non-hydrogen) atoms. The van der Waals surface area contributed by atoms with Crippen molar-refractivity contribution in [1.29, 1.82) is 5.26 Å². The predicted molar refractivity (Wildman–Crippen MR) is 66.0 cm³/mol. The summed E-state index contributed by atoms with van der Waals surface area (Å²) >= 11 is 7.27. The minimum Gasteiger partial charge on any atom is -0.261 e. The fourth-order valence-corrected chi connectivity index (χ4v) is 2.58. The van der Waals surface area contributed by atoms with Crippen molar-refractivity contribution in [3.8, 4) is 6.07 Å². The molecule has 0 fully saturated rings. The van der Waals surface area contributed by atoms with E-state index in [4.69, 9.17) is 16.9 Å². The van der Waals surface area contributed by atoms with Crippen molar-refractivity contribution < 1.29 is 0 Å². The SMILES string of the molecule is Cc1cc(Sc2cc(C#N)cc(Cl)n2)n(C)n1. The van der Waals surface area contributed by atoms with Crippen LogP contribution in [-0.4, -0.2) is 14.8 Å². The Morgan fingerprint density at radius 2 is 2.18 bits per heavy atom. The largest absolute Gasteiger partial charge is 0.261 e. The van der Waals surface area contributed by atoms with Gasteiger partial charge in [0.1, 0.15) is 15.2 Å². The van der Waals surface area contributed by atoms with Gasteiger partial charge < -0.3 is 0 Å². The Balaban J connectivity index is 2.33. The lowest BCUT2D eigenvalue weighted by Crippen LogP contribution is -1.93. The molecule has 0 radical (unpaired) electrons. The van der Waals surface area contributed by atoms with Gasteiger partial charge in [0.15, 0.2) is 0 Å². The van der Waals surface area contributed by atoms with Crippen molar-refractivity contribution in [2.45, 2.75) is 17.0 Å². The summed E-state index contributed by atoms with van der Waals surface area (Å²) in [6.07, 6.45) is 0. The molecule has 2 aromatic rings. The van der Waals surface area contributed by atoms with Crippen LogP contribution in [0.25, 0.3) is 0 Å². The summed E-state index contributed by atoms with van der Waals surface area (Å²) in [5.74, 6) is 0. The molecule has 0 atom stereocenters. The third kappa shape index (κ3) is 2.78. The summed E-state index contributed by atoms with van der Waals surface area (Å²) in [7, 11) is 1.87. The number of nitrogens with zero attached hydrogens (tertiary/aromatic N) is 4. The van der Waals surface area contributed by atoms with E-state index in [1.807, 2.05) is 20.0 Å². The number of hydrogen-bond donors (Lipinski definition) is 0. The minimum absolute atomic E-state index is 0.324. The molecule has 0 aromatic carbocycles. The first-order chi connectivity index (χ1) is 8.08. The maximum absolute atomic E-state index is 8.85. The molecule has 0 aliphatic heterocycles. The highest BCUT2D eigenvalue weighted by atomic mass is 35.5. The summed E-state index contributed by atoms with van der Waals surface area (Å²) in [5, 5.41) is 15.1. The van der Waals surface area contributed by atoms with Gasteiger partial charge in [0.05, 0.1) is 17.3 Å². The van der Waals surface area contributed by atoms with Crippen molar-refractivity contribution >= 4 is 23.4 Å². The standard InChI is InChI=1S/C11H9ClN4S/c1-7-3-11(16(2)15-7)17-10-5-8(6-13)4-9(12)14-10/h3-5H,1-2H3. The van der Waals surface area contributed by atoms with Gasteiger partial charge in [-0.25, -0.2) is 4.98 Å². The summed E-state index contributed by atoms with van der Waals surface area (Å²) in [4.78, 5) is 4.16. The van der Waals surface area contributed by atoms with Gasteiger partial charge in [0.25, 0.3) is 0 Å². The lowest BCUT2D eigenvalue weighted by atomic mass is 10.3. The Labute approximate surface area is 108 Å². The van der Waals surface area contributed by atoms with Crippen LogP contribution in [0.2, 0.25) is 5.15 Å². The number of rotatable bonds is 2. The van der Waals surface area contributed by atoms with Crippen molar-refractivity contribution in [3.05, 3.63) is 34.6 Å². The monoisotopic (exact) mass is 264 g/mol. The van der Waals surface area contributed by atoms with Crippen LogP contribution in [-0.2, 0) is 7.05 Å². The quantitative estimate of drug-likeness (QED) is 0.783. The van der Waals surface area contributed by atoms with Crippen LogP contribution >= 0.6 is 23.4 Å². The van der Waals surface area contributed by atoms with Crippen LogP contribution in [0.1, 0.15) is 11.3 Å². The smallest absolute Gasteiger partial charge is 0.131 e. The average molecular weight is 265 g/mol. The molecule has 0 bridgehead atoms. The molecule has 0 saturated carbocycles. The Morgan fingerprint density at radius 1 is 1.41 bits per heavy atom. The molecule has 0 spiro atoms. The highest BCUT2D eigenvalue weighted by Crippen LogP contribution is 2.28. The third-order valence-electron chi connectivity index (χ3n) is 2.07. The molecule has 0 amide bonds. The maximum Gasteiger partial charge on any atom is 0.131 e. The number of aryl methyl sites for hydroxylation is 2. The number of pyridine rings is 1. The van der Waals surface area contributed by atoms with Crippen LogP contribution in [0.15, 0.2) is 28.3 Å². The number of nitriles is 1.